The first-order chi connectivity index (χ1) is 15.2. The SMILES string of the molecule is Nc1ccc(-c2ccc(Cl)c(C(F)(F)F)c2)nc1N(C(=O)Nc1cnccn1)C1CCC1. The van der Waals surface area contributed by atoms with Crippen LogP contribution in [0.25, 0.3) is 11.3 Å². The van der Waals surface area contributed by atoms with Crippen LogP contribution in [0.1, 0.15) is 24.8 Å². The molecule has 0 unspecified atom stereocenters. The zero-order valence-electron chi connectivity index (χ0n) is 16.6. The van der Waals surface area contributed by atoms with E-state index in [1.54, 1.807) is 0 Å². The summed E-state index contributed by atoms with van der Waals surface area (Å²) in [4.78, 5) is 26.9. The van der Waals surface area contributed by atoms with Gasteiger partial charge in [0, 0.05) is 24.0 Å². The Morgan fingerprint density at radius 1 is 1.19 bits per heavy atom. The van der Waals surface area contributed by atoms with E-state index in [1.807, 2.05) is 0 Å². The van der Waals surface area contributed by atoms with Crippen molar-refractivity contribution in [2.75, 3.05) is 16.0 Å². The van der Waals surface area contributed by atoms with E-state index in [4.69, 9.17) is 17.3 Å². The summed E-state index contributed by atoms with van der Waals surface area (Å²) >= 11 is 5.73. The number of rotatable bonds is 4. The second-order valence-corrected chi connectivity index (χ2v) is 7.68. The van der Waals surface area contributed by atoms with Crippen LogP contribution in [0.3, 0.4) is 0 Å². The van der Waals surface area contributed by atoms with Gasteiger partial charge in [-0.2, -0.15) is 13.2 Å². The van der Waals surface area contributed by atoms with E-state index in [9.17, 15) is 18.0 Å². The van der Waals surface area contributed by atoms with E-state index in [0.717, 1.165) is 25.3 Å². The highest BCUT2D eigenvalue weighted by Crippen LogP contribution is 2.38. The van der Waals surface area contributed by atoms with Crippen molar-refractivity contribution in [3.05, 3.63) is 59.5 Å². The van der Waals surface area contributed by atoms with Gasteiger partial charge in [0.05, 0.1) is 28.2 Å². The maximum Gasteiger partial charge on any atom is 0.417 e. The van der Waals surface area contributed by atoms with Gasteiger partial charge in [-0.15, -0.1) is 0 Å². The number of amides is 2. The maximum atomic E-state index is 13.3. The molecule has 4 rings (SSSR count). The molecule has 7 nitrogen and oxygen atoms in total. The number of urea groups is 1. The van der Waals surface area contributed by atoms with E-state index in [2.05, 4.69) is 20.3 Å². The predicted octanol–water partition coefficient (Wildman–Crippen LogP) is 5.38. The van der Waals surface area contributed by atoms with Gasteiger partial charge in [0.15, 0.2) is 11.6 Å². The molecule has 1 aliphatic rings. The number of nitrogens with two attached hydrogens (primary N) is 1. The molecule has 3 aromatic rings. The number of alkyl halides is 3. The number of nitrogens with zero attached hydrogens (tertiary/aromatic N) is 4. The Bertz CT molecular complexity index is 1140. The number of nitrogens with one attached hydrogen (secondary N) is 1. The summed E-state index contributed by atoms with van der Waals surface area (Å²) in [6, 6.07) is 5.90. The molecule has 2 aromatic heterocycles. The quantitative estimate of drug-likeness (QED) is 0.542. The molecule has 1 saturated carbocycles. The standard InChI is InChI=1S/C21H18ClF3N6O/c22-15-5-4-12(10-14(15)21(23,24)25)17-7-6-16(26)19(29-17)31(13-2-1-3-13)20(32)30-18-11-27-8-9-28-18/h4-11,13H,1-3,26H2,(H,28,30,32). The Morgan fingerprint density at radius 2 is 1.97 bits per heavy atom. The number of anilines is 3. The first kappa shape index (κ1) is 21.8. The highest BCUT2D eigenvalue weighted by molar-refractivity contribution is 6.31. The smallest absolute Gasteiger partial charge is 0.396 e. The Labute approximate surface area is 186 Å². The molecule has 0 spiro atoms. The number of nitrogen functional groups attached to an aromatic ring is 1. The Hall–Kier alpha value is -3.40. The highest BCUT2D eigenvalue weighted by atomic mass is 35.5. The first-order valence-electron chi connectivity index (χ1n) is 9.74. The van der Waals surface area contributed by atoms with Gasteiger partial charge in [0.2, 0.25) is 0 Å². The molecule has 0 saturated heterocycles. The third-order valence-electron chi connectivity index (χ3n) is 5.16. The molecule has 0 atom stereocenters. The van der Waals surface area contributed by atoms with Crippen LogP contribution in [0, 0.1) is 0 Å². The van der Waals surface area contributed by atoms with Gasteiger partial charge < -0.3 is 5.73 Å². The number of carbonyl (C=O) groups is 1. The number of carbonyl (C=O) groups excluding carboxylic acids is 1. The van der Waals surface area contributed by atoms with E-state index in [0.29, 0.717) is 0 Å². The number of hydrogen-bond donors (Lipinski definition) is 2. The minimum absolute atomic E-state index is 0.146. The fourth-order valence-corrected chi connectivity index (χ4v) is 3.55. The Balaban J connectivity index is 1.72. The molecule has 2 heterocycles. The number of hydrogen-bond acceptors (Lipinski definition) is 5. The molecule has 0 bridgehead atoms. The monoisotopic (exact) mass is 462 g/mol. The van der Waals surface area contributed by atoms with Crippen molar-refractivity contribution in [1.82, 2.24) is 15.0 Å². The molecular formula is C21H18ClF3N6O. The summed E-state index contributed by atoms with van der Waals surface area (Å²) in [6.07, 6.45) is 2.13. The van der Waals surface area contributed by atoms with Crippen molar-refractivity contribution in [2.24, 2.45) is 0 Å². The van der Waals surface area contributed by atoms with E-state index < -0.39 is 22.8 Å². The minimum atomic E-state index is -4.61. The number of aromatic nitrogens is 3. The average molecular weight is 463 g/mol. The fraction of sp³-hybridized carbons (Fsp3) is 0.238. The topological polar surface area (TPSA) is 97.0 Å². The molecule has 1 fully saturated rings. The van der Waals surface area contributed by atoms with Crippen molar-refractivity contribution in [1.29, 1.82) is 0 Å². The van der Waals surface area contributed by atoms with E-state index in [1.165, 1.54) is 47.8 Å². The molecule has 0 radical (unpaired) electrons. The lowest BCUT2D eigenvalue weighted by atomic mass is 9.91. The second-order valence-electron chi connectivity index (χ2n) is 7.28. The second kappa shape index (κ2) is 8.62. The maximum absolute atomic E-state index is 13.3. The average Bonchev–Trinajstić information content (AvgIpc) is 2.71. The van der Waals surface area contributed by atoms with Crippen molar-refractivity contribution >= 4 is 35.0 Å². The lowest BCUT2D eigenvalue weighted by molar-refractivity contribution is -0.137. The summed E-state index contributed by atoms with van der Waals surface area (Å²) in [5, 5.41) is 2.26. The highest BCUT2D eigenvalue weighted by Gasteiger charge is 2.35. The minimum Gasteiger partial charge on any atom is -0.396 e. The fourth-order valence-electron chi connectivity index (χ4n) is 3.33. The van der Waals surface area contributed by atoms with Crippen molar-refractivity contribution in [3.8, 4) is 11.3 Å². The largest absolute Gasteiger partial charge is 0.417 e. The molecule has 166 valence electrons. The van der Waals surface area contributed by atoms with Crippen LogP contribution in [0.2, 0.25) is 5.02 Å². The van der Waals surface area contributed by atoms with Gasteiger partial charge in [-0.25, -0.2) is 14.8 Å². The van der Waals surface area contributed by atoms with Crippen LogP contribution in [-0.2, 0) is 6.18 Å². The summed E-state index contributed by atoms with van der Waals surface area (Å²) < 4.78 is 39.9. The summed E-state index contributed by atoms with van der Waals surface area (Å²) in [7, 11) is 0. The molecule has 2 amide bonds. The van der Waals surface area contributed by atoms with Crippen molar-refractivity contribution in [3.63, 3.8) is 0 Å². The molecule has 1 aromatic carbocycles. The summed E-state index contributed by atoms with van der Waals surface area (Å²) in [5.41, 5.74) is 5.81. The van der Waals surface area contributed by atoms with Crippen LogP contribution in [0.5, 0.6) is 0 Å². The lowest BCUT2D eigenvalue weighted by Crippen LogP contribution is -2.47. The van der Waals surface area contributed by atoms with Gasteiger partial charge in [0.1, 0.15) is 0 Å². The lowest BCUT2D eigenvalue weighted by Gasteiger charge is -2.37. The molecule has 11 heteroatoms. The van der Waals surface area contributed by atoms with Crippen LogP contribution in [0.15, 0.2) is 48.9 Å². The third-order valence-corrected chi connectivity index (χ3v) is 5.49. The molecule has 1 aliphatic carbocycles. The molecule has 32 heavy (non-hydrogen) atoms. The van der Waals surface area contributed by atoms with Gasteiger partial charge in [-0.3, -0.25) is 15.2 Å². The Morgan fingerprint density at radius 3 is 2.59 bits per heavy atom. The zero-order valence-corrected chi connectivity index (χ0v) is 17.4. The van der Waals surface area contributed by atoms with Crippen molar-refractivity contribution < 1.29 is 18.0 Å². The van der Waals surface area contributed by atoms with Crippen LogP contribution in [0.4, 0.5) is 35.3 Å². The normalized spacial score (nSPS) is 14.0. The summed E-state index contributed by atoms with van der Waals surface area (Å²) in [6.45, 7) is 0. The summed E-state index contributed by atoms with van der Waals surface area (Å²) in [5.74, 6) is 0.418. The number of pyridine rings is 1. The number of halogens is 4. The van der Waals surface area contributed by atoms with Crippen LogP contribution < -0.4 is 16.0 Å². The predicted molar refractivity (Wildman–Crippen MR) is 115 cm³/mol. The van der Waals surface area contributed by atoms with E-state index in [-0.39, 0.29) is 34.6 Å². The van der Waals surface area contributed by atoms with E-state index >= 15 is 0 Å². The van der Waals surface area contributed by atoms with Crippen LogP contribution >= 0.6 is 11.6 Å². The first-order valence-corrected chi connectivity index (χ1v) is 10.1. The van der Waals surface area contributed by atoms with Crippen LogP contribution in [-0.4, -0.2) is 27.0 Å². The third kappa shape index (κ3) is 4.45. The zero-order chi connectivity index (χ0) is 22.9. The Kier molecular flexibility index (Phi) is 5.88. The van der Waals surface area contributed by atoms with Crippen molar-refractivity contribution in [2.45, 2.75) is 31.5 Å². The molecular weight excluding hydrogens is 445 g/mol. The van der Waals surface area contributed by atoms with Gasteiger partial charge >= 0.3 is 12.2 Å². The molecule has 0 aliphatic heterocycles. The van der Waals surface area contributed by atoms with Gasteiger partial charge in [-0.1, -0.05) is 17.7 Å². The molecule has 3 N–H and O–H groups in total. The number of benzene rings is 1. The van der Waals surface area contributed by atoms with Gasteiger partial charge in [-0.05, 0) is 43.5 Å². The van der Waals surface area contributed by atoms with Gasteiger partial charge in [0.25, 0.3) is 0 Å².